The predicted molar refractivity (Wildman–Crippen MR) is 81.8 cm³/mol. The molecule has 22 heavy (non-hydrogen) atoms. The van der Waals surface area contributed by atoms with E-state index in [4.69, 9.17) is 4.52 Å². The molecule has 2 heterocycles. The van der Waals surface area contributed by atoms with Crippen LogP contribution < -0.4 is 0 Å². The molecule has 0 saturated heterocycles. The van der Waals surface area contributed by atoms with Crippen LogP contribution in [0.15, 0.2) is 10.6 Å². The highest BCUT2D eigenvalue weighted by molar-refractivity contribution is 6.06. The second-order valence-corrected chi connectivity index (χ2v) is 6.18. The van der Waals surface area contributed by atoms with Gasteiger partial charge in [0.1, 0.15) is 0 Å². The first-order chi connectivity index (χ1) is 10.5. The number of rotatable bonds is 5. The summed E-state index contributed by atoms with van der Waals surface area (Å²) >= 11 is 0. The molecule has 0 bridgehead atoms. The number of fused-ring (bicyclic) bond motifs is 1. The number of hydrogen-bond acceptors (Lipinski definition) is 5. The van der Waals surface area contributed by atoms with E-state index >= 15 is 0 Å². The molecule has 118 valence electrons. The second-order valence-electron chi connectivity index (χ2n) is 6.18. The first-order valence-corrected chi connectivity index (χ1v) is 7.68. The Labute approximate surface area is 129 Å². The van der Waals surface area contributed by atoms with E-state index in [0.717, 1.165) is 18.5 Å². The third-order valence-electron chi connectivity index (χ3n) is 4.09. The first-order valence-electron chi connectivity index (χ1n) is 7.68. The van der Waals surface area contributed by atoms with Crippen molar-refractivity contribution in [2.24, 2.45) is 0 Å². The molecule has 1 N–H and O–H groups in total. The second kappa shape index (κ2) is 5.68. The SMILES string of the molecule is Cc1noc2nc(C3CC3)cc(C(=O)N(C)CCC(C)O)c12. The number of pyridine rings is 1. The lowest BCUT2D eigenvalue weighted by molar-refractivity contribution is 0.0770. The van der Waals surface area contributed by atoms with Crippen molar-refractivity contribution in [2.45, 2.75) is 45.1 Å². The minimum Gasteiger partial charge on any atom is -0.393 e. The Morgan fingerprint density at radius 3 is 2.91 bits per heavy atom. The van der Waals surface area contributed by atoms with Gasteiger partial charge in [-0.2, -0.15) is 0 Å². The van der Waals surface area contributed by atoms with E-state index in [0.29, 0.717) is 41.2 Å². The van der Waals surface area contributed by atoms with Crippen molar-refractivity contribution in [1.82, 2.24) is 15.0 Å². The van der Waals surface area contributed by atoms with Gasteiger partial charge >= 0.3 is 0 Å². The molecule has 0 aromatic carbocycles. The van der Waals surface area contributed by atoms with Gasteiger partial charge in [0.05, 0.1) is 22.7 Å². The topological polar surface area (TPSA) is 79.5 Å². The Balaban J connectivity index is 1.96. The molecular weight excluding hydrogens is 282 g/mol. The molecule has 1 fully saturated rings. The summed E-state index contributed by atoms with van der Waals surface area (Å²) in [5.74, 6) is 0.352. The number of aromatic nitrogens is 2. The fraction of sp³-hybridized carbons (Fsp3) is 0.562. The van der Waals surface area contributed by atoms with Crippen LogP contribution in [0.5, 0.6) is 0 Å². The summed E-state index contributed by atoms with van der Waals surface area (Å²) in [4.78, 5) is 18.9. The zero-order valence-corrected chi connectivity index (χ0v) is 13.2. The summed E-state index contributed by atoms with van der Waals surface area (Å²) in [6.45, 7) is 4.04. The maximum Gasteiger partial charge on any atom is 0.259 e. The Morgan fingerprint density at radius 1 is 1.55 bits per heavy atom. The van der Waals surface area contributed by atoms with Crippen molar-refractivity contribution in [3.8, 4) is 0 Å². The van der Waals surface area contributed by atoms with Gasteiger partial charge in [0.2, 0.25) is 0 Å². The van der Waals surface area contributed by atoms with Crippen LogP contribution in [0.2, 0.25) is 0 Å². The number of amides is 1. The van der Waals surface area contributed by atoms with E-state index in [9.17, 15) is 9.90 Å². The van der Waals surface area contributed by atoms with E-state index in [1.807, 2.05) is 13.0 Å². The summed E-state index contributed by atoms with van der Waals surface area (Å²) in [5.41, 5.74) is 2.63. The number of hydrogen-bond donors (Lipinski definition) is 1. The third kappa shape index (κ3) is 2.83. The largest absolute Gasteiger partial charge is 0.393 e. The van der Waals surface area contributed by atoms with Gasteiger partial charge in [0.25, 0.3) is 11.6 Å². The van der Waals surface area contributed by atoms with E-state index in [-0.39, 0.29) is 5.91 Å². The van der Waals surface area contributed by atoms with Crippen LogP contribution in [-0.2, 0) is 0 Å². The molecule has 0 spiro atoms. The Kier molecular flexibility index (Phi) is 3.87. The van der Waals surface area contributed by atoms with Crippen LogP contribution in [0, 0.1) is 6.92 Å². The highest BCUT2D eigenvalue weighted by Gasteiger charge is 2.29. The van der Waals surface area contributed by atoms with Gasteiger partial charge in [-0.1, -0.05) is 5.16 Å². The standard InChI is InChI=1S/C16H21N3O3/c1-9(20)6-7-19(3)16(21)12-8-13(11-4-5-11)17-15-14(12)10(2)18-22-15/h8-9,11,20H,4-7H2,1-3H3. The van der Waals surface area contributed by atoms with Gasteiger partial charge in [-0.25, -0.2) is 4.98 Å². The number of carbonyl (C=O) groups excluding carboxylic acids is 1. The number of aliphatic hydroxyl groups is 1. The van der Waals surface area contributed by atoms with Crippen LogP contribution >= 0.6 is 0 Å². The smallest absolute Gasteiger partial charge is 0.259 e. The summed E-state index contributed by atoms with van der Waals surface area (Å²) in [6, 6.07) is 1.88. The summed E-state index contributed by atoms with van der Waals surface area (Å²) in [7, 11) is 1.75. The maximum absolute atomic E-state index is 12.8. The van der Waals surface area contributed by atoms with Crippen LogP contribution in [0.1, 0.15) is 53.8 Å². The highest BCUT2D eigenvalue weighted by Crippen LogP contribution is 2.40. The molecule has 2 aromatic rings. The predicted octanol–water partition coefficient (Wildman–Crippen LogP) is 2.25. The molecular formula is C16H21N3O3. The van der Waals surface area contributed by atoms with Gasteiger partial charge in [-0.05, 0) is 39.2 Å². The van der Waals surface area contributed by atoms with Crippen LogP contribution in [0.25, 0.3) is 11.1 Å². The van der Waals surface area contributed by atoms with Crippen LogP contribution in [0.4, 0.5) is 0 Å². The van der Waals surface area contributed by atoms with Crippen molar-refractivity contribution in [2.75, 3.05) is 13.6 Å². The zero-order chi connectivity index (χ0) is 15.9. The minimum atomic E-state index is -0.424. The van der Waals surface area contributed by atoms with Crippen molar-refractivity contribution in [3.05, 3.63) is 23.0 Å². The monoisotopic (exact) mass is 303 g/mol. The quantitative estimate of drug-likeness (QED) is 0.916. The third-order valence-corrected chi connectivity index (χ3v) is 4.09. The molecule has 1 amide bonds. The average Bonchev–Trinajstić information content (AvgIpc) is 3.27. The first kappa shape index (κ1) is 15.0. The maximum atomic E-state index is 12.8. The van der Waals surface area contributed by atoms with Crippen molar-refractivity contribution in [3.63, 3.8) is 0 Å². The van der Waals surface area contributed by atoms with Crippen LogP contribution in [0.3, 0.4) is 0 Å². The lowest BCUT2D eigenvalue weighted by atomic mass is 10.1. The van der Waals surface area contributed by atoms with Gasteiger partial charge in [0.15, 0.2) is 0 Å². The fourth-order valence-electron chi connectivity index (χ4n) is 2.56. The van der Waals surface area contributed by atoms with Gasteiger partial charge in [-0.3, -0.25) is 4.79 Å². The van der Waals surface area contributed by atoms with Crippen molar-refractivity contribution in [1.29, 1.82) is 0 Å². The Bertz CT molecular complexity index is 704. The molecule has 3 rings (SSSR count). The highest BCUT2D eigenvalue weighted by atomic mass is 16.5. The number of aryl methyl sites for hydroxylation is 1. The van der Waals surface area contributed by atoms with Gasteiger partial charge < -0.3 is 14.5 Å². The Morgan fingerprint density at radius 2 is 2.27 bits per heavy atom. The average molecular weight is 303 g/mol. The van der Waals surface area contributed by atoms with Crippen molar-refractivity contribution < 1.29 is 14.4 Å². The fourth-order valence-corrected chi connectivity index (χ4v) is 2.56. The van der Waals surface area contributed by atoms with E-state index < -0.39 is 6.10 Å². The lowest BCUT2D eigenvalue weighted by Gasteiger charge is -2.18. The van der Waals surface area contributed by atoms with Gasteiger partial charge in [-0.15, -0.1) is 0 Å². The molecule has 1 unspecified atom stereocenters. The molecule has 2 aromatic heterocycles. The van der Waals surface area contributed by atoms with Crippen LogP contribution in [-0.4, -0.2) is 45.8 Å². The molecule has 1 saturated carbocycles. The number of carbonyl (C=O) groups is 1. The van der Waals surface area contributed by atoms with Crippen molar-refractivity contribution >= 4 is 17.0 Å². The molecule has 6 heteroatoms. The molecule has 0 radical (unpaired) electrons. The lowest BCUT2D eigenvalue weighted by Crippen LogP contribution is -2.29. The number of aliphatic hydroxyl groups excluding tert-OH is 1. The normalized spacial score (nSPS) is 16.0. The molecule has 0 aliphatic heterocycles. The summed E-state index contributed by atoms with van der Waals surface area (Å²) in [6.07, 6.45) is 2.34. The molecule has 6 nitrogen and oxygen atoms in total. The molecule has 1 aliphatic carbocycles. The summed E-state index contributed by atoms with van der Waals surface area (Å²) < 4.78 is 5.26. The minimum absolute atomic E-state index is 0.0822. The zero-order valence-electron chi connectivity index (χ0n) is 13.2. The molecule has 1 aliphatic rings. The number of nitrogens with zero attached hydrogens (tertiary/aromatic N) is 3. The van der Waals surface area contributed by atoms with E-state index in [2.05, 4.69) is 10.1 Å². The van der Waals surface area contributed by atoms with E-state index in [1.54, 1.807) is 18.9 Å². The summed E-state index contributed by atoms with van der Waals surface area (Å²) in [5, 5.41) is 14.0. The Hall–Kier alpha value is -1.95. The molecule has 1 atom stereocenters. The van der Waals surface area contributed by atoms with E-state index in [1.165, 1.54) is 0 Å². The van der Waals surface area contributed by atoms with Gasteiger partial charge in [0, 0.05) is 25.2 Å².